The van der Waals surface area contributed by atoms with Gasteiger partial charge < -0.3 is 5.32 Å². The number of hydrogen-bond donors (Lipinski definition) is 2. The van der Waals surface area contributed by atoms with Crippen molar-refractivity contribution in [2.24, 2.45) is 0 Å². The van der Waals surface area contributed by atoms with Gasteiger partial charge in [0.2, 0.25) is 0 Å². The Hall–Kier alpha value is -3.62. The quantitative estimate of drug-likeness (QED) is 0.555. The molecule has 0 aliphatic carbocycles. The Morgan fingerprint density at radius 1 is 1.04 bits per heavy atom. The van der Waals surface area contributed by atoms with Gasteiger partial charge in [0.05, 0.1) is 16.6 Å². The van der Waals surface area contributed by atoms with Gasteiger partial charge in [-0.1, -0.05) is 18.2 Å². The normalized spacial score (nSPS) is 11.7. The van der Waals surface area contributed by atoms with Gasteiger partial charge in [0.1, 0.15) is 0 Å². The van der Waals surface area contributed by atoms with Crippen LogP contribution in [0.2, 0.25) is 0 Å². The molecule has 4 rings (SSSR count). The van der Waals surface area contributed by atoms with Gasteiger partial charge in [0, 0.05) is 17.1 Å². The molecule has 6 nitrogen and oxygen atoms in total. The molecule has 0 amide bonds. The average molecular weight is 385 g/mol. The number of nitrogens with zero attached hydrogens (tertiary/aromatic N) is 3. The van der Waals surface area contributed by atoms with Crippen LogP contribution in [-0.4, -0.2) is 20.0 Å². The van der Waals surface area contributed by atoms with Crippen LogP contribution in [0.1, 0.15) is 11.3 Å². The Labute approximate surface area is 156 Å². The Morgan fingerprint density at radius 3 is 2.32 bits per heavy atom. The van der Waals surface area contributed by atoms with Crippen LogP contribution >= 0.6 is 0 Å². The summed E-state index contributed by atoms with van der Waals surface area (Å²) in [7, 11) is 0. The summed E-state index contributed by atoms with van der Waals surface area (Å²) in [5.41, 5.74) is -0.164. The summed E-state index contributed by atoms with van der Waals surface area (Å²) in [6.45, 7) is 1.84. The van der Waals surface area contributed by atoms with E-state index in [4.69, 9.17) is 0 Å². The number of benzene rings is 2. The molecule has 28 heavy (non-hydrogen) atoms. The summed E-state index contributed by atoms with van der Waals surface area (Å²) in [5, 5.41) is 15.2. The summed E-state index contributed by atoms with van der Waals surface area (Å²) in [6, 6.07) is 12.9. The van der Waals surface area contributed by atoms with Crippen molar-refractivity contribution < 1.29 is 13.2 Å². The number of H-pyrrole nitrogens is 1. The number of rotatable bonds is 3. The third kappa shape index (κ3) is 3.22. The minimum atomic E-state index is -4.45. The Balaban J connectivity index is 1.87. The van der Waals surface area contributed by atoms with E-state index in [0.717, 1.165) is 22.5 Å². The zero-order valence-corrected chi connectivity index (χ0v) is 14.6. The Morgan fingerprint density at radius 2 is 1.71 bits per heavy atom. The fourth-order valence-electron chi connectivity index (χ4n) is 2.85. The molecule has 0 aliphatic heterocycles. The number of aromatic amines is 1. The lowest BCUT2D eigenvalue weighted by Crippen LogP contribution is -2.22. The highest BCUT2D eigenvalue weighted by atomic mass is 19.4. The molecule has 0 saturated carbocycles. The second-order valence-electron chi connectivity index (χ2n) is 6.22. The zero-order chi connectivity index (χ0) is 19.9. The van der Waals surface area contributed by atoms with Gasteiger partial charge in [-0.25, -0.2) is 0 Å². The molecule has 9 heteroatoms. The fourth-order valence-corrected chi connectivity index (χ4v) is 2.85. The molecule has 2 aromatic heterocycles. The van der Waals surface area contributed by atoms with Gasteiger partial charge in [0.25, 0.3) is 5.56 Å². The van der Waals surface area contributed by atoms with Gasteiger partial charge in [-0.05, 0) is 37.3 Å². The molecule has 0 unspecified atom stereocenters. The first-order valence-electron chi connectivity index (χ1n) is 8.32. The molecular formula is C19H14F3N5O. The van der Waals surface area contributed by atoms with Gasteiger partial charge in [-0.3, -0.25) is 9.89 Å². The highest BCUT2D eigenvalue weighted by Gasteiger charge is 2.30. The number of nitrogens with one attached hydrogen (secondary N) is 2. The first-order valence-corrected chi connectivity index (χ1v) is 8.32. The Bertz CT molecular complexity index is 1210. The topological polar surface area (TPSA) is 75.6 Å². The molecule has 0 fully saturated rings. The van der Waals surface area contributed by atoms with Gasteiger partial charge in [-0.2, -0.15) is 23.0 Å². The summed E-state index contributed by atoms with van der Waals surface area (Å²) in [4.78, 5) is 12.8. The smallest absolute Gasteiger partial charge is 0.321 e. The summed E-state index contributed by atoms with van der Waals surface area (Å²) in [5.74, 6) is 0.870. The minimum absolute atomic E-state index is 0.227. The van der Waals surface area contributed by atoms with E-state index >= 15 is 0 Å². The van der Waals surface area contributed by atoms with Crippen LogP contribution < -0.4 is 10.9 Å². The van der Waals surface area contributed by atoms with E-state index in [1.54, 1.807) is 30.3 Å². The maximum atomic E-state index is 12.8. The third-order valence-electron chi connectivity index (χ3n) is 4.20. The van der Waals surface area contributed by atoms with Crippen molar-refractivity contribution in [1.29, 1.82) is 0 Å². The van der Waals surface area contributed by atoms with E-state index in [0.29, 0.717) is 22.4 Å². The maximum absolute atomic E-state index is 12.8. The van der Waals surface area contributed by atoms with Crippen molar-refractivity contribution in [3.8, 4) is 5.69 Å². The lowest BCUT2D eigenvalue weighted by atomic mass is 10.1. The van der Waals surface area contributed by atoms with Crippen molar-refractivity contribution >= 4 is 22.4 Å². The fraction of sp³-hybridized carbons (Fsp3) is 0.105. The van der Waals surface area contributed by atoms with Gasteiger partial charge >= 0.3 is 6.18 Å². The SMILES string of the molecule is Cc1cc(Nc2nn(-c3ccc(C(F)(F)F)cc3)c(=O)c3ccccc23)n[nH]1. The number of alkyl halides is 3. The molecule has 0 radical (unpaired) electrons. The molecule has 2 heterocycles. The van der Waals surface area contributed by atoms with Gasteiger partial charge in [0.15, 0.2) is 11.6 Å². The van der Waals surface area contributed by atoms with Crippen LogP contribution in [0.25, 0.3) is 16.5 Å². The minimum Gasteiger partial charge on any atom is -0.321 e. The molecule has 2 N–H and O–H groups in total. The Kier molecular flexibility index (Phi) is 4.14. The van der Waals surface area contributed by atoms with Crippen LogP contribution in [0, 0.1) is 6.92 Å². The lowest BCUT2D eigenvalue weighted by Gasteiger charge is -2.12. The van der Waals surface area contributed by atoms with Crippen molar-refractivity contribution in [1.82, 2.24) is 20.0 Å². The molecule has 0 atom stereocenters. The van der Waals surface area contributed by atoms with Gasteiger partial charge in [-0.15, -0.1) is 5.10 Å². The second kappa shape index (κ2) is 6.52. The predicted octanol–water partition coefficient (Wildman–Crippen LogP) is 4.18. The first-order chi connectivity index (χ1) is 13.3. The van der Waals surface area contributed by atoms with Crippen LogP contribution in [-0.2, 0) is 6.18 Å². The molecule has 0 aliphatic rings. The third-order valence-corrected chi connectivity index (χ3v) is 4.20. The highest BCUT2D eigenvalue weighted by molar-refractivity contribution is 5.92. The monoisotopic (exact) mass is 385 g/mol. The lowest BCUT2D eigenvalue weighted by molar-refractivity contribution is -0.137. The zero-order valence-electron chi connectivity index (χ0n) is 14.6. The number of hydrogen-bond acceptors (Lipinski definition) is 4. The van der Waals surface area contributed by atoms with E-state index < -0.39 is 17.3 Å². The number of halogens is 3. The van der Waals surface area contributed by atoms with Crippen molar-refractivity contribution in [2.75, 3.05) is 5.32 Å². The van der Waals surface area contributed by atoms with Crippen molar-refractivity contribution in [3.05, 3.63) is 76.2 Å². The van der Waals surface area contributed by atoms with Crippen LogP contribution in [0.4, 0.5) is 24.8 Å². The van der Waals surface area contributed by atoms with E-state index in [1.165, 1.54) is 12.1 Å². The molecule has 2 aromatic carbocycles. The molecule has 142 valence electrons. The number of aromatic nitrogens is 4. The van der Waals surface area contributed by atoms with E-state index in [1.807, 2.05) is 6.92 Å². The molecule has 4 aromatic rings. The summed E-state index contributed by atoms with van der Waals surface area (Å²) < 4.78 is 39.5. The number of anilines is 2. The van der Waals surface area contributed by atoms with E-state index in [2.05, 4.69) is 20.6 Å². The van der Waals surface area contributed by atoms with Crippen LogP contribution in [0.3, 0.4) is 0 Å². The number of aryl methyl sites for hydroxylation is 1. The molecule has 0 spiro atoms. The van der Waals surface area contributed by atoms with E-state index in [-0.39, 0.29) is 5.69 Å². The standard InChI is InChI=1S/C19H14F3N5O/c1-11-10-16(25-24-11)23-17-14-4-2-3-5-15(14)18(28)27(26-17)13-8-6-12(7-9-13)19(20,21)22/h2-10H,1H3,(H2,23,24,25,26). The average Bonchev–Trinajstić information content (AvgIpc) is 3.08. The molecular weight excluding hydrogens is 371 g/mol. The molecule has 0 saturated heterocycles. The molecule has 0 bridgehead atoms. The summed E-state index contributed by atoms with van der Waals surface area (Å²) >= 11 is 0. The van der Waals surface area contributed by atoms with Crippen molar-refractivity contribution in [2.45, 2.75) is 13.1 Å². The highest BCUT2D eigenvalue weighted by Crippen LogP contribution is 2.29. The van der Waals surface area contributed by atoms with Crippen LogP contribution in [0.5, 0.6) is 0 Å². The predicted molar refractivity (Wildman–Crippen MR) is 98.9 cm³/mol. The second-order valence-corrected chi connectivity index (χ2v) is 6.22. The van der Waals surface area contributed by atoms with Crippen LogP contribution in [0.15, 0.2) is 59.4 Å². The first kappa shape index (κ1) is 17.8. The summed E-state index contributed by atoms with van der Waals surface area (Å²) in [6.07, 6.45) is -4.45. The van der Waals surface area contributed by atoms with Crippen molar-refractivity contribution in [3.63, 3.8) is 0 Å². The maximum Gasteiger partial charge on any atom is 0.416 e. The number of fused-ring (bicyclic) bond motifs is 1. The van der Waals surface area contributed by atoms with E-state index in [9.17, 15) is 18.0 Å². The largest absolute Gasteiger partial charge is 0.416 e.